The number of benzene rings is 1. The van der Waals surface area contributed by atoms with E-state index in [4.69, 9.17) is 0 Å². The molecule has 1 saturated carbocycles. The molecular weight excluding hydrogens is 427 g/mol. The smallest absolute Gasteiger partial charge is 0.286 e. The Hall–Kier alpha value is -2.62. The van der Waals surface area contributed by atoms with Crippen LogP contribution in [0, 0.1) is 11.8 Å². The van der Waals surface area contributed by atoms with E-state index >= 15 is 0 Å². The fourth-order valence-electron chi connectivity index (χ4n) is 4.54. The average molecular weight is 455 g/mol. The summed E-state index contributed by atoms with van der Waals surface area (Å²) < 4.78 is 38.5. The molecule has 3 rings (SSSR count). The first-order chi connectivity index (χ1) is 15.2. The fraction of sp³-hybridized carbons (Fsp3) is 0.591. The standard InChI is InChI=1S/C22H28F3N3O4/c23-22(24,25)19-9-7-17(8-10-19)20(30)27-11-3-4-12-28(27)21(31)18(14-26(32)15-29)13-16-5-1-2-6-16/h7-10,15-16,18,32H,1-6,11-14H2/t18-/m1/s1. The molecule has 0 radical (unpaired) electrons. The molecule has 32 heavy (non-hydrogen) atoms. The largest absolute Gasteiger partial charge is 0.416 e. The second-order valence-corrected chi connectivity index (χ2v) is 8.48. The van der Waals surface area contributed by atoms with E-state index in [-0.39, 0.29) is 31.0 Å². The van der Waals surface area contributed by atoms with Crippen molar-refractivity contribution < 1.29 is 32.8 Å². The molecular formula is C22H28F3N3O4. The monoisotopic (exact) mass is 455 g/mol. The van der Waals surface area contributed by atoms with E-state index in [1.165, 1.54) is 10.0 Å². The predicted molar refractivity (Wildman–Crippen MR) is 108 cm³/mol. The third-order valence-corrected chi connectivity index (χ3v) is 6.20. The summed E-state index contributed by atoms with van der Waals surface area (Å²) in [5, 5.41) is 12.8. The van der Waals surface area contributed by atoms with Crippen molar-refractivity contribution >= 4 is 18.2 Å². The van der Waals surface area contributed by atoms with Gasteiger partial charge in [-0.15, -0.1) is 0 Å². The lowest BCUT2D eigenvalue weighted by Crippen LogP contribution is -2.55. The molecule has 0 unspecified atom stereocenters. The minimum Gasteiger partial charge on any atom is -0.286 e. The van der Waals surface area contributed by atoms with E-state index in [0.29, 0.717) is 36.8 Å². The molecule has 1 atom stereocenters. The molecule has 2 fully saturated rings. The third kappa shape index (κ3) is 5.79. The van der Waals surface area contributed by atoms with Crippen molar-refractivity contribution in [3.05, 3.63) is 35.4 Å². The lowest BCUT2D eigenvalue weighted by Gasteiger charge is -2.40. The van der Waals surface area contributed by atoms with E-state index < -0.39 is 23.6 Å². The van der Waals surface area contributed by atoms with Crippen LogP contribution in [0.1, 0.15) is 60.9 Å². The normalized spacial score (nSPS) is 18.5. The Balaban J connectivity index is 1.78. The van der Waals surface area contributed by atoms with Crippen LogP contribution in [0.15, 0.2) is 24.3 Å². The number of amides is 3. The maximum Gasteiger partial charge on any atom is 0.416 e. The van der Waals surface area contributed by atoms with E-state index in [1.54, 1.807) is 0 Å². The van der Waals surface area contributed by atoms with Crippen molar-refractivity contribution in [1.29, 1.82) is 0 Å². The van der Waals surface area contributed by atoms with Crippen LogP contribution in [-0.2, 0) is 15.8 Å². The summed E-state index contributed by atoms with van der Waals surface area (Å²) in [4.78, 5) is 37.4. The summed E-state index contributed by atoms with van der Waals surface area (Å²) >= 11 is 0. The molecule has 0 spiro atoms. The van der Waals surface area contributed by atoms with E-state index in [2.05, 4.69) is 0 Å². The van der Waals surface area contributed by atoms with E-state index in [9.17, 15) is 32.8 Å². The molecule has 176 valence electrons. The quantitative estimate of drug-likeness (QED) is 0.386. The number of hydroxylamine groups is 2. The number of nitrogens with zero attached hydrogens (tertiary/aromatic N) is 3. The van der Waals surface area contributed by atoms with Crippen molar-refractivity contribution in [2.24, 2.45) is 11.8 Å². The molecule has 7 nitrogen and oxygen atoms in total. The van der Waals surface area contributed by atoms with Gasteiger partial charge < -0.3 is 0 Å². The molecule has 1 saturated heterocycles. The summed E-state index contributed by atoms with van der Waals surface area (Å²) in [6.07, 6.45) is 1.68. The summed E-state index contributed by atoms with van der Waals surface area (Å²) in [7, 11) is 0. The van der Waals surface area contributed by atoms with Gasteiger partial charge in [0.1, 0.15) is 0 Å². The van der Waals surface area contributed by atoms with Crippen LogP contribution < -0.4 is 0 Å². The van der Waals surface area contributed by atoms with Gasteiger partial charge in [0.05, 0.1) is 18.0 Å². The molecule has 1 aromatic rings. The lowest BCUT2D eigenvalue weighted by atomic mass is 9.92. The summed E-state index contributed by atoms with van der Waals surface area (Å²) in [5.74, 6) is -1.28. The Morgan fingerprint density at radius 2 is 1.66 bits per heavy atom. The number of hydrogen-bond donors (Lipinski definition) is 1. The number of halogens is 3. The van der Waals surface area contributed by atoms with Crippen molar-refractivity contribution in [3.8, 4) is 0 Å². The molecule has 1 aliphatic carbocycles. The van der Waals surface area contributed by atoms with Crippen LogP contribution in [-0.4, -0.2) is 58.1 Å². The topological polar surface area (TPSA) is 81.2 Å². The summed E-state index contributed by atoms with van der Waals surface area (Å²) in [5.41, 5.74) is -0.795. The number of rotatable bonds is 7. The average Bonchev–Trinajstić information content (AvgIpc) is 3.30. The maximum absolute atomic E-state index is 13.4. The van der Waals surface area contributed by atoms with Crippen molar-refractivity contribution in [2.45, 2.75) is 51.1 Å². The fourth-order valence-corrected chi connectivity index (χ4v) is 4.54. The van der Waals surface area contributed by atoms with E-state index in [1.807, 2.05) is 0 Å². The Morgan fingerprint density at radius 3 is 2.22 bits per heavy atom. The molecule has 3 amide bonds. The Labute approximate surface area is 184 Å². The Bertz CT molecular complexity index is 810. The molecule has 1 aromatic carbocycles. The third-order valence-electron chi connectivity index (χ3n) is 6.20. The molecule has 1 N–H and O–H groups in total. The highest BCUT2D eigenvalue weighted by atomic mass is 19.4. The summed E-state index contributed by atoms with van der Waals surface area (Å²) in [6, 6.07) is 3.92. The van der Waals surface area contributed by atoms with Gasteiger partial charge in [0.25, 0.3) is 5.91 Å². The zero-order valence-electron chi connectivity index (χ0n) is 17.8. The maximum atomic E-state index is 13.4. The van der Waals surface area contributed by atoms with Gasteiger partial charge in [-0.1, -0.05) is 25.7 Å². The minimum atomic E-state index is -4.50. The minimum absolute atomic E-state index is 0.0571. The van der Waals surface area contributed by atoms with Gasteiger partial charge in [0.15, 0.2) is 0 Å². The SMILES string of the molecule is O=CN(O)C[C@@H](CC1CCCC1)C(=O)N1CCCCN1C(=O)c1ccc(C(F)(F)F)cc1. The van der Waals surface area contributed by atoms with Crippen molar-refractivity contribution in [1.82, 2.24) is 15.1 Å². The first-order valence-electron chi connectivity index (χ1n) is 10.9. The predicted octanol–water partition coefficient (Wildman–Crippen LogP) is 3.73. The second-order valence-electron chi connectivity index (χ2n) is 8.48. The number of carbonyl (C=O) groups excluding carboxylic acids is 3. The van der Waals surface area contributed by atoms with Gasteiger partial charge in [0.2, 0.25) is 12.3 Å². The molecule has 1 heterocycles. The molecule has 10 heteroatoms. The van der Waals surface area contributed by atoms with Crippen LogP contribution in [0.2, 0.25) is 0 Å². The van der Waals surface area contributed by atoms with Crippen LogP contribution in [0.25, 0.3) is 0 Å². The van der Waals surface area contributed by atoms with Crippen molar-refractivity contribution in [2.75, 3.05) is 19.6 Å². The highest BCUT2D eigenvalue weighted by Crippen LogP contribution is 2.32. The van der Waals surface area contributed by atoms with Gasteiger partial charge in [-0.25, -0.2) is 10.1 Å². The Morgan fingerprint density at radius 1 is 1.06 bits per heavy atom. The van der Waals surface area contributed by atoms with Crippen LogP contribution in [0.5, 0.6) is 0 Å². The van der Waals surface area contributed by atoms with Gasteiger partial charge in [-0.05, 0) is 49.4 Å². The van der Waals surface area contributed by atoms with Gasteiger partial charge >= 0.3 is 6.18 Å². The van der Waals surface area contributed by atoms with Gasteiger partial charge in [-0.2, -0.15) is 13.2 Å². The molecule has 2 aliphatic rings. The molecule has 1 aliphatic heterocycles. The van der Waals surface area contributed by atoms with Crippen LogP contribution in [0.4, 0.5) is 13.2 Å². The number of carbonyl (C=O) groups is 3. The van der Waals surface area contributed by atoms with Crippen LogP contribution >= 0.6 is 0 Å². The zero-order valence-corrected chi connectivity index (χ0v) is 17.8. The first kappa shape index (κ1) is 24.0. The van der Waals surface area contributed by atoms with E-state index in [0.717, 1.165) is 49.9 Å². The van der Waals surface area contributed by atoms with Crippen LogP contribution in [0.3, 0.4) is 0 Å². The number of hydrazine groups is 1. The van der Waals surface area contributed by atoms with Gasteiger partial charge in [-0.3, -0.25) is 24.6 Å². The van der Waals surface area contributed by atoms with Crippen molar-refractivity contribution in [3.63, 3.8) is 0 Å². The highest BCUT2D eigenvalue weighted by molar-refractivity contribution is 5.95. The molecule has 0 bridgehead atoms. The number of hydrogen-bond acceptors (Lipinski definition) is 4. The first-order valence-corrected chi connectivity index (χ1v) is 10.9. The highest BCUT2D eigenvalue weighted by Gasteiger charge is 2.36. The number of alkyl halides is 3. The van der Waals surface area contributed by atoms with Gasteiger partial charge in [0, 0.05) is 18.7 Å². The summed E-state index contributed by atoms with van der Waals surface area (Å²) in [6.45, 7) is 0.384. The zero-order chi connectivity index (χ0) is 23.3. The lowest BCUT2D eigenvalue weighted by molar-refractivity contribution is -0.164. The second kappa shape index (κ2) is 10.3. The Kier molecular flexibility index (Phi) is 7.76. The molecule has 0 aromatic heterocycles.